The first-order valence-electron chi connectivity index (χ1n) is 9.17. The molecule has 2 heterocycles. The molecule has 1 saturated carbocycles. The number of likely N-dealkylation sites (tertiary alicyclic amines) is 1. The first-order chi connectivity index (χ1) is 11.3. The molecule has 2 aliphatic rings. The van der Waals surface area contributed by atoms with Crippen LogP contribution in [0.25, 0.3) is 0 Å². The number of halogens is 1. The third-order valence-corrected chi connectivity index (χ3v) is 5.09. The number of nitrogens with zero attached hydrogens (tertiary/aromatic N) is 2. The zero-order valence-electron chi connectivity index (χ0n) is 14.5. The van der Waals surface area contributed by atoms with Crippen molar-refractivity contribution < 1.29 is 4.42 Å². The number of nitrogens with two attached hydrogens (primary N) is 1. The molecule has 0 spiro atoms. The quantitative estimate of drug-likeness (QED) is 0.412. The third kappa shape index (κ3) is 5.65. The highest BCUT2D eigenvalue weighted by Crippen LogP contribution is 2.25. The lowest BCUT2D eigenvalue weighted by Gasteiger charge is -2.32. The van der Waals surface area contributed by atoms with E-state index in [1.807, 2.05) is 6.07 Å². The number of aliphatic imine (C=N–C) groups is 1. The first-order valence-corrected chi connectivity index (χ1v) is 9.17. The van der Waals surface area contributed by atoms with Crippen LogP contribution in [0.3, 0.4) is 0 Å². The maximum atomic E-state index is 6.13. The second-order valence-electron chi connectivity index (χ2n) is 6.83. The van der Waals surface area contributed by atoms with E-state index in [-0.39, 0.29) is 30.0 Å². The Bertz CT molecular complexity index is 479. The summed E-state index contributed by atoms with van der Waals surface area (Å²) in [5.41, 5.74) is 6.13. The average molecular weight is 446 g/mol. The molecule has 0 radical (unpaired) electrons. The molecule has 3 N–H and O–H groups in total. The van der Waals surface area contributed by atoms with Crippen molar-refractivity contribution in [2.45, 2.75) is 63.5 Å². The normalized spacial score (nSPS) is 21.9. The monoisotopic (exact) mass is 446 g/mol. The van der Waals surface area contributed by atoms with E-state index in [9.17, 15) is 0 Å². The molecule has 1 atom stereocenters. The van der Waals surface area contributed by atoms with Crippen LogP contribution >= 0.6 is 24.0 Å². The zero-order valence-corrected chi connectivity index (χ0v) is 16.8. The molecule has 2 fully saturated rings. The van der Waals surface area contributed by atoms with Crippen LogP contribution in [-0.4, -0.2) is 36.5 Å². The summed E-state index contributed by atoms with van der Waals surface area (Å²) in [4.78, 5) is 7.12. The number of guanidine groups is 1. The van der Waals surface area contributed by atoms with Crippen LogP contribution in [0.15, 0.2) is 27.8 Å². The van der Waals surface area contributed by atoms with Gasteiger partial charge < -0.3 is 15.5 Å². The van der Waals surface area contributed by atoms with Crippen LogP contribution in [0, 0.1) is 0 Å². The highest BCUT2D eigenvalue weighted by atomic mass is 127. The molecule has 1 aromatic heterocycles. The summed E-state index contributed by atoms with van der Waals surface area (Å²) in [5.74, 6) is 1.59. The second kappa shape index (κ2) is 10.3. The highest BCUT2D eigenvalue weighted by Gasteiger charge is 2.24. The van der Waals surface area contributed by atoms with Crippen molar-refractivity contribution in [3.8, 4) is 0 Å². The van der Waals surface area contributed by atoms with Gasteiger partial charge in [0.2, 0.25) is 0 Å². The van der Waals surface area contributed by atoms with Gasteiger partial charge in [-0.15, -0.1) is 24.0 Å². The topological polar surface area (TPSA) is 66.8 Å². The Morgan fingerprint density at radius 1 is 1.21 bits per heavy atom. The predicted octanol–water partition coefficient (Wildman–Crippen LogP) is 3.66. The van der Waals surface area contributed by atoms with Crippen LogP contribution in [0.5, 0.6) is 0 Å². The Hall–Kier alpha value is -0.760. The molecule has 1 aliphatic heterocycles. The van der Waals surface area contributed by atoms with E-state index in [0.29, 0.717) is 18.5 Å². The lowest BCUT2D eigenvalue weighted by molar-refractivity contribution is 0.150. The Labute approximate surface area is 162 Å². The Morgan fingerprint density at radius 2 is 1.92 bits per heavy atom. The molecule has 1 aliphatic carbocycles. The molecule has 5 nitrogen and oxygen atoms in total. The Morgan fingerprint density at radius 3 is 2.58 bits per heavy atom. The van der Waals surface area contributed by atoms with Crippen molar-refractivity contribution in [2.75, 3.05) is 19.6 Å². The molecule has 0 aromatic carbocycles. The molecule has 0 bridgehead atoms. The summed E-state index contributed by atoms with van der Waals surface area (Å²) in [7, 11) is 0. The van der Waals surface area contributed by atoms with Crippen LogP contribution in [0.2, 0.25) is 0 Å². The Kier molecular flexibility index (Phi) is 8.38. The maximum Gasteiger partial charge on any atom is 0.188 e. The number of furan rings is 1. The van der Waals surface area contributed by atoms with E-state index in [4.69, 9.17) is 10.2 Å². The van der Waals surface area contributed by atoms with Crippen LogP contribution in [0.4, 0.5) is 0 Å². The molecular formula is C18H31IN4O. The van der Waals surface area contributed by atoms with Crippen LogP contribution < -0.4 is 11.1 Å². The van der Waals surface area contributed by atoms with Gasteiger partial charge in [-0.2, -0.15) is 0 Å². The van der Waals surface area contributed by atoms with Gasteiger partial charge in [0.1, 0.15) is 5.76 Å². The minimum absolute atomic E-state index is 0. The van der Waals surface area contributed by atoms with Gasteiger partial charge in [0.05, 0.1) is 18.8 Å². The number of hydrogen-bond donors (Lipinski definition) is 2. The molecule has 1 unspecified atom stereocenters. The first kappa shape index (κ1) is 19.6. The van der Waals surface area contributed by atoms with Crippen molar-refractivity contribution in [1.29, 1.82) is 0 Å². The van der Waals surface area contributed by atoms with E-state index in [2.05, 4.69) is 21.3 Å². The summed E-state index contributed by atoms with van der Waals surface area (Å²) >= 11 is 0. The maximum absolute atomic E-state index is 6.13. The van der Waals surface area contributed by atoms with E-state index in [1.165, 1.54) is 51.4 Å². The van der Waals surface area contributed by atoms with Gasteiger partial charge in [-0.3, -0.25) is 9.89 Å². The lowest BCUT2D eigenvalue weighted by atomic mass is 9.96. The largest absolute Gasteiger partial charge is 0.468 e. The molecule has 1 saturated heterocycles. The van der Waals surface area contributed by atoms with E-state index >= 15 is 0 Å². The smallest absolute Gasteiger partial charge is 0.188 e. The van der Waals surface area contributed by atoms with Gasteiger partial charge in [0.15, 0.2) is 5.96 Å². The summed E-state index contributed by atoms with van der Waals surface area (Å²) in [6.45, 7) is 2.91. The van der Waals surface area contributed by atoms with E-state index < -0.39 is 0 Å². The van der Waals surface area contributed by atoms with Crippen molar-refractivity contribution in [3.05, 3.63) is 24.2 Å². The fourth-order valence-electron chi connectivity index (χ4n) is 3.78. The van der Waals surface area contributed by atoms with E-state index in [1.54, 1.807) is 6.26 Å². The van der Waals surface area contributed by atoms with Crippen molar-refractivity contribution in [3.63, 3.8) is 0 Å². The zero-order chi connectivity index (χ0) is 15.9. The van der Waals surface area contributed by atoms with Crippen LogP contribution in [-0.2, 0) is 0 Å². The second-order valence-corrected chi connectivity index (χ2v) is 6.83. The molecule has 24 heavy (non-hydrogen) atoms. The number of piperidine rings is 1. The summed E-state index contributed by atoms with van der Waals surface area (Å²) < 4.78 is 5.66. The van der Waals surface area contributed by atoms with Gasteiger partial charge in [-0.25, -0.2) is 0 Å². The van der Waals surface area contributed by atoms with Gasteiger partial charge in [0.25, 0.3) is 0 Å². The number of nitrogens with one attached hydrogen (secondary N) is 1. The third-order valence-electron chi connectivity index (χ3n) is 5.09. The number of hydrogen-bond acceptors (Lipinski definition) is 3. The minimum Gasteiger partial charge on any atom is -0.468 e. The Balaban J connectivity index is 0.00000208. The van der Waals surface area contributed by atoms with Crippen molar-refractivity contribution in [2.24, 2.45) is 10.7 Å². The molecule has 3 rings (SSSR count). The minimum atomic E-state index is 0. The fraction of sp³-hybridized carbons (Fsp3) is 0.722. The molecule has 0 amide bonds. The molecule has 136 valence electrons. The van der Waals surface area contributed by atoms with Crippen LogP contribution in [0.1, 0.15) is 63.2 Å². The van der Waals surface area contributed by atoms with Crippen molar-refractivity contribution >= 4 is 29.9 Å². The average Bonchev–Trinajstić information content (AvgIpc) is 3.11. The van der Waals surface area contributed by atoms with Gasteiger partial charge in [0, 0.05) is 6.04 Å². The molecule has 1 aromatic rings. The van der Waals surface area contributed by atoms with Gasteiger partial charge in [-0.1, -0.05) is 25.7 Å². The standard InChI is InChI=1S/C18H30N4O.HI/c19-18(21-15-8-3-1-4-9-15)20-14-16(17-10-7-13-23-17)22-11-5-2-6-12-22;/h7,10,13,15-16H,1-6,8-9,11-12,14H2,(H3,19,20,21);1H. The predicted molar refractivity (Wildman–Crippen MR) is 109 cm³/mol. The highest BCUT2D eigenvalue weighted by molar-refractivity contribution is 14.0. The van der Waals surface area contributed by atoms with E-state index in [0.717, 1.165) is 18.8 Å². The summed E-state index contributed by atoms with van der Waals surface area (Å²) in [6.07, 6.45) is 12.0. The summed E-state index contributed by atoms with van der Waals surface area (Å²) in [6, 6.07) is 4.72. The lowest BCUT2D eigenvalue weighted by Crippen LogP contribution is -2.42. The van der Waals surface area contributed by atoms with Gasteiger partial charge >= 0.3 is 0 Å². The SMILES string of the molecule is I.NC(=NCC(c1ccco1)N1CCCCC1)NC1CCCCC1. The van der Waals surface area contributed by atoms with Crippen molar-refractivity contribution in [1.82, 2.24) is 10.2 Å². The molecule has 6 heteroatoms. The molecular weight excluding hydrogens is 415 g/mol. The van der Waals surface area contributed by atoms with Gasteiger partial charge in [-0.05, 0) is 50.9 Å². The fourth-order valence-corrected chi connectivity index (χ4v) is 3.78. The number of rotatable bonds is 5. The summed E-state index contributed by atoms with van der Waals surface area (Å²) in [5, 5.41) is 3.40.